The van der Waals surface area contributed by atoms with Crippen molar-refractivity contribution in [2.24, 2.45) is 0 Å². The number of hydrogen-bond donors (Lipinski definition) is 2. The van der Waals surface area contributed by atoms with Gasteiger partial charge in [-0.2, -0.15) is 0 Å². The van der Waals surface area contributed by atoms with Gasteiger partial charge in [-0.05, 0) is 19.8 Å². The zero-order chi connectivity index (χ0) is 10.8. The monoisotopic (exact) mass is 203 g/mol. The van der Waals surface area contributed by atoms with Gasteiger partial charge in [-0.1, -0.05) is 6.92 Å². The zero-order valence-corrected chi connectivity index (χ0v) is 9.08. The van der Waals surface area contributed by atoms with Crippen LogP contribution in [0.2, 0.25) is 0 Å². The van der Waals surface area contributed by atoms with Crippen LogP contribution in [0.1, 0.15) is 33.1 Å². The van der Waals surface area contributed by atoms with Crippen LogP contribution in [-0.2, 0) is 9.53 Å². The highest BCUT2D eigenvalue weighted by Crippen LogP contribution is 1.94. The zero-order valence-electron chi connectivity index (χ0n) is 9.08. The van der Waals surface area contributed by atoms with Gasteiger partial charge in [0.1, 0.15) is 0 Å². The van der Waals surface area contributed by atoms with E-state index in [9.17, 15) is 9.90 Å². The lowest BCUT2D eigenvalue weighted by Crippen LogP contribution is -2.27. The van der Waals surface area contributed by atoms with E-state index in [0.29, 0.717) is 32.6 Å². The van der Waals surface area contributed by atoms with Gasteiger partial charge in [0.2, 0.25) is 5.91 Å². The molecule has 2 N–H and O–H groups in total. The molecule has 14 heavy (non-hydrogen) atoms. The Morgan fingerprint density at radius 3 is 2.79 bits per heavy atom. The lowest BCUT2D eigenvalue weighted by molar-refractivity contribution is -0.122. The number of hydrogen-bond acceptors (Lipinski definition) is 3. The van der Waals surface area contributed by atoms with Crippen molar-refractivity contribution in [1.29, 1.82) is 0 Å². The topological polar surface area (TPSA) is 58.6 Å². The van der Waals surface area contributed by atoms with Gasteiger partial charge in [0.05, 0.1) is 12.7 Å². The maximum atomic E-state index is 11.1. The minimum Gasteiger partial charge on any atom is -0.393 e. The van der Waals surface area contributed by atoms with Gasteiger partial charge >= 0.3 is 0 Å². The van der Waals surface area contributed by atoms with Crippen molar-refractivity contribution in [2.45, 2.75) is 39.2 Å². The Balaban J connectivity index is 3.26. The summed E-state index contributed by atoms with van der Waals surface area (Å²) in [5.74, 6) is -0.0123. The lowest BCUT2D eigenvalue weighted by atomic mass is 10.2. The standard InChI is InChI=1S/C10H21NO3/c1-3-9(12)5-7-11-10(13)6-8-14-4-2/h9,12H,3-8H2,1-2H3,(H,11,13). The first-order valence-corrected chi connectivity index (χ1v) is 5.23. The Morgan fingerprint density at radius 2 is 2.21 bits per heavy atom. The number of aliphatic hydroxyl groups is 1. The maximum absolute atomic E-state index is 11.1. The molecule has 0 radical (unpaired) electrons. The number of nitrogens with one attached hydrogen (secondary N) is 1. The van der Waals surface area contributed by atoms with Crippen molar-refractivity contribution in [3.63, 3.8) is 0 Å². The molecule has 0 aromatic carbocycles. The fourth-order valence-electron chi connectivity index (χ4n) is 0.980. The van der Waals surface area contributed by atoms with Crippen LogP contribution in [-0.4, -0.2) is 36.9 Å². The summed E-state index contributed by atoms with van der Waals surface area (Å²) in [6.07, 6.45) is 1.45. The molecule has 0 rings (SSSR count). The number of carbonyl (C=O) groups is 1. The molecule has 4 nitrogen and oxygen atoms in total. The molecule has 4 heteroatoms. The van der Waals surface area contributed by atoms with Crippen molar-refractivity contribution in [3.05, 3.63) is 0 Å². The molecule has 1 unspecified atom stereocenters. The summed E-state index contributed by atoms with van der Waals surface area (Å²) < 4.78 is 5.04. The molecule has 0 aromatic heterocycles. The van der Waals surface area contributed by atoms with Crippen molar-refractivity contribution in [2.75, 3.05) is 19.8 Å². The largest absolute Gasteiger partial charge is 0.393 e. The first-order valence-electron chi connectivity index (χ1n) is 5.23. The van der Waals surface area contributed by atoms with Crippen molar-refractivity contribution < 1.29 is 14.6 Å². The van der Waals surface area contributed by atoms with Crippen molar-refractivity contribution in [1.82, 2.24) is 5.32 Å². The van der Waals surface area contributed by atoms with Crippen LogP contribution in [0.3, 0.4) is 0 Å². The molecule has 0 fully saturated rings. The van der Waals surface area contributed by atoms with Crippen LogP contribution in [0.15, 0.2) is 0 Å². The third-order valence-electron chi connectivity index (χ3n) is 1.95. The van der Waals surface area contributed by atoms with Crippen LogP contribution in [0.5, 0.6) is 0 Å². The minimum absolute atomic E-state index is 0.0123. The summed E-state index contributed by atoms with van der Waals surface area (Å²) in [7, 11) is 0. The van der Waals surface area contributed by atoms with E-state index in [1.807, 2.05) is 13.8 Å². The number of ether oxygens (including phenoxy) is 1. The predicted molar refractivity (Wildman–Crippen MR) is 55.0 cm³/mol. The second kappa shape index (κ2) is 8.97. The van der Waals surface area contributed by atoms with E-state index < -0.39 is 0 Å². The van der Waals surface area contributed by atoms with Gasteiger partial charge in [0.15, 0.2) is 0 Å². The number of carbonyl (C=O) groups excluding carboxylic acids is 1. The van der Waals surface area contributed by atoms with Crippen molar-refractivity contribution >= 4 is 5.91 Å². The van der Waals surface area contributed by atoms with Crippen LogP contribution >= 0.6 is 0 Å². The first kappa shape index (κ1) is 13.4. The third kappa shape index (κ3) is 8.01. The highest BCUT2D eigenvalue weighted by atomic mass is 16.5. The molecular weight excluding hydrogens is 182 g/mol. The number of rotatable bonds is 8. The Bertz CT molecular complexity index is 150. The highest BCUT2D eigenvalue weighted by Gasteiger charge is 2.03. The van der Waals surface area contributed by atoms with Crippen LogP contribution in [0.25, 0.3) is 0 Å². The average molecular weight is 203 g/mol. The van der Waals surface area contributed by atoms with Gasteiger partial charge < -0.3 is 15.2 Å². The van der Waals surface area contributed by atoms with Crippen LogP contribution < -0.4 is 5.32 Å². The van der Waals surface area contributed by atoms with E-state index in [-0.39, 0.29) is 12.0 Å². The molecule has 0 bridgehead atoms. The fraction of sp³-hybridized carbons (Fsp3) is 0.900. The number of amides is 1. The molecule has 1 atom stereocenters. The molecule has 0 spiro atoms. The maximum Gasteiger partial charge on any atom is 0.222 e. The Kier molecular flexibility index (Phi) is 8.57. The van der Waals surface area contributed by atoms with E-state index in [1.54, 1.807) is 0 Å². The summed E-state index contributed by atoms with van der Waals surface area (Å²) in [4.78, 5) is 11.1. The summed E-state index contributed by atoms with van der Waals surface area (Å²) in [5.41, 5.74) is 0. The van der Waals surface area contributed by atoms with E-state index in [4.69, 9.17) is 4.74 Å². The second-order valence-corrected chi connectivity index (χ2v) is 3.15. The van der Waals surface area contributed by atoms with E-state index in [1.165, 1.54) is 0 Å². The molecule has 0 saturated heterocycles. The SMILES string of the molecule is CCOCCC(=O)NCCC(O)CC. The third-order valence-corrected chi connectivity index (χ3v) is 1.95. The molecule has 0 aliphatic heterocycles. The first-order chi connectivity index (χ1) is 6.70. The normalized spacial score (nSPS) is 12.5. The summed E-state index contributed by atoms with van der Waals surface area (Å²) >= 11 is 0. The molecule has 0 aromatic rings. The number of aliphatic hydroxyl groups excluding tert-OH is 1. The Hall–Kier alpha value is -0.610. The highest BCUT2D eigenvalue weighted by molar-refractivity contribution is 5.75. The second-order valence-electron chi connectivity index (χ2n) is 3.15. The lowest BCUT2D eigenvalue weighted by Gasteiger charge is -2.08. The molecule has 0 heterocycles. The summed E-state index contributed by atoms with van der Waals surface area (Å²) in [6, 6.07) is 0. The summed E-state index contributed by atoms with van der Waals surface area (Å²) in [5, 5.41) is 11.9. The minimum atomic E-state index is -0.304. The average Bonchev–Trinajstić information content (AvgIpc) is 2.18. The molecular formula is C10H21NO3. The molecule has 1 amide bonds. The van der Waals surface area contributed by atoms with E-state index in [0.717, 1.165) is 6.42 Å². The molecule has 84 valence electrons. The smallest absolute Gasteiger partial charge is 0.222 e. The Morgan fingerprint density at radius 1 is 1.50 bits per heavy atom. The fourth-order valence-corrected chi connectivity index (χ4v) is 0.980. The predicted octanol–water partition coefficient (Wildman–Crippen LogP) is 0.690. The van der Waals surface area contributed by atoms with E-state index in [2.05, 4.69) is 5.32 Å². The van der Waals surface area contributed by atoms with Crippen LogP contribution in [0.4, 0.5) is 0 Å². The van der Waals surface area contributed by atoms with Gasteiger partial charge in [-0.3, -0.25) is 4.79 Å². The van der Waals surface area contributed by atoms with Crippen LogP contribution in [0, 0.1) is 0 Å². The van der Waals surface area contributed by atoms with Gasteiger partial charge in [-0.25, -0.2) is 0 Å². The van der Waals surface area contributed by atoms with Gasteiger partial charge in [-0.15, -0.1) is 0 Å². The van der Waals surface area contributed by atoms with E-state index >= 15 is 0 Å². The molecule has 0 saturated carbocycles. The quantitative estimate of drug-likeness (QED) is 0.571. The van der Waals surface area contributed by atoms with Crippen molar-refractivity contribution in [3.8, 4) is 0 Å². The van der Waals surface area contributed by atoms with Gasteiger partial charge in [0.25, 0.3) is 0 Å². The summed E-state index contributed by atoms with van der Waals surface area (Å²) in [6.45, 7) is 5.47. The molecule has 0 aliphatic carbocycles. The Labute approximate surface area is 85.6 Å². The van der Waals surface area contributed by atoms with Gasteiger partial charge in [0, 0.05) is 19.6 Å². The molecule has 0 aliphatic rings.